The van der Waals surface area contributed by atoms with Crippen molar-refractivity contribution >= 4 is 5.91 Å². The lowest BCUT2D eigenvalue weighted by atomic mass is 10.2. The van der Waals surface area contributed by atoms with E-state index >= 15 is 0 Å². The van der Waals surface area contributed by atoms with Crippen LogP contribution in [0.4, 0.5) is 0 Å². The second-order valence-corrected chi connectivity index (χ2v) is 3.77. The van der Waals surface area contributed by atoms with Crippen molar-refractivity contribution in [3.8, 4) is 5.75 Å². The van der Waals surface area contributed by atoms with E-state index in [1.54, 1.807) is 31.4 Å². The molecule has 0 aliphatic heterocycles. The zero-order chi connectivity index (χ0) is 12.7. The first-order chi connectivity index (χ1) is 8.13. The maximum Gasteiger partial charge on any atom is 0.237 e. The van der Waals surface area contributed by atoms with Gasteiger partial charge in [-0.15, -0.1) is 0 Å². The van der Waals surface area contributed by atoms with E-state index in [4.69, 9.17) is 15.6 Å². The number of phenolic OH excluding ortho intramolecular Hbond substituents is 1. The maximum atomic E-state index is 11.5. The first-order valence-electron chi connectivity index (χ1n) is 5.43. The molecule has 17 heavy (non-hydrogen) atoms. The highest BCUT2D eigenvalue weighted by molar-refractivity contribution is 5.81. The molecular weight excluding hydrogens is 220 g/mol. The lowest BCUT2D eigenvalue weighted by Gasteiger charge is -2.11. The molecule has 5 nitrogen and oxygen atoms in total. The van der Waals surface area contributed by atoms with Gasteiger partial charge in [0.1, 0.15) is 5.75 Å². The van der Waals surface area contributed by atoms with Gasteiger partial charge in [-0.3, -0.25) is 4.79 Å². The molecule has 94 valence electrons. The molecule has 1 aromatic carbocycles. The van der Waals surface area contributed by atoms with Crippen molar-refractivity contribution in [1.82, 2.24) is 5.32 Å². The Morgan fingerprint density at radius 3 is 2.71 bits per heavy atom. The van der Waals surface area contributed by atoms with Gasteiger partial charge in [0.25, 0.3) is 0 Å². The first-order valence-corrected chi connectivity index (χ1v) is 5.43. The standard InChI is InChI=1S/C12H18N2O3/c1-17-7-6-11(13)12(16)14-8-9-2-4-10(15)5-3-9/h2-5,11,15H,6-8,13H2,1H3,(H,14,16). The number of nitrogens with two attached hydrogens (primary N) is 1. The Morgan fingerprint density at radius 2 is 2.12 bits per heavy atom. The van der Waals surface area contributed by atoms with Gasteiger partial charge in [0, 0.05) is 20.3 Å². The minimum atomic E-state index is -0.549. The number of hydrogen-bond acceptors (Lipinski definition) is 4. The summed E-state index contributed by atoms with van der Waals surface area (Å²) in [5.74, 6) is 0.00648. The van der Waals surface area contributed by atoms with Gasteiger partial charge in [0.15, 0.2) is 0 Å². The van der Waals surface area contributed by atoms with Gasteiger partial charge in [-0.05, 0) is 24.1 Å². The molecule has 0 fully saturated rings. The Labute approximate surface area is 101 Å². The van der Waals surface area contributed by atoms with Crippen molar-refractivity contribution in [3.05, 3.63) is 29.8 Å². The van der Waals surface area contributed by atoms with Crippen molar-refractivity contribution in [2.45, 2.75) is 19.0 Å². The van der Waals surface area contributed by atoms with E-state index in [0.717, 1.165) is 5.56 Å². The molecule has 0 spiro atoms. The molecule has 1 rings (SSSR count). The lowest BCUT2D eigenvalue weighted by molar-refractivity contribution is -0.122. The Kier molecular flexibility index (Phi) is 5.45. The van der Waals surface area contributed by atoms with Gasteiger partial charge in [0.05, 0.1) is 6.04 Å². The summed E-state index contributed by atoms with van der Waals surface area (Å²) in [7, 11) is 1.57. The summed E-state index contributed by atoms with van der Waals surface area (Å²) >= 11 is 0. The number of ether oxygens (including phenoxy) is 1. The van der Waals surface area contributed by atoms with Crippen molar-refractivity contribution in [2.75, 3.05) is 13.7 Å². The predicted molar refractivity (Wildman–Crippen MR) is 64.4 cm³/mol. The van der Waals surface area contributed by atoms with Crippen LogP contribution >= 0.6 is 0 Å². The number of nitrogens with one attached hydrogen (secondary N) is 1. The molecule has 0 bridgehead atoms. The number of hydrogen-bond donors (Lipinski definition) is 3. The van der Waals surface area contributed by atoms with Crippen LogP contribution in [0.3, 0.4) is 0 Å². The zero-order valence-electron chi connectivity index (χ0n) is 9.85. The summed E-state index contributed by atoms with van der Waals surface area (Å²) in [6.45, 7) is 0.869. The highest BCUT2D eigenvalue weighted by atomic mass is 16.5. The SMILES string of the molecule is COCCC(N)C(=O)NCc1ccc(O)cc1. The molecular formula is C12H18N2O3. The van der Waals surface area contributed by atoms with Gasteiger partial charge < -0.3 is 20.9 Å². The van der Waals surface area contributed by atoms with Crippen molar-refractivity contribution in [3.63, 3.8) is 0 Å². The van der Waals surface area contributed by atoms with Crippen LogP contribution in [0.2, 0.25) is 0 Å². The molecule has 0 radical (unpaired) electrons. The summed E-state index contributed by atoms with van der Waals surface area (Å²) in [6, 6.07) is 6.10. The average molecular weight is 238 g/mol. The van der Waals surface area contributed by atoms with Crippen LogP contribution in [0.25, 0.3) is 0 Å². The molecule has 1 aromatic rings. The Morgan fingerprint density at radius 1 is 1.47 bits per heavy atom. The second kappa shape index (κ2) is 6.88. The summed E-state index contributed by atoms with van der Waals surface area (Å²) in [5, 5.41) is 11.8. The van der Waals surface area contributed by atoms with Crippen LogP contribution in [-0.4, -0.2) is 30.8 Å². The molecule has 1 atom stereocenters. The quantitative estimate of drug-likeness (QED) is 0.668. The number of amides is 1. The third kappa shape index (κ3) is 4.84. The van der Waals surface area contributed by atoms with Crippen LogP contribution in [0, 0.1) is 0 Å². The monoisotopic (exact) mass is 238 g/mol. The van der Waals surface area contributed by atoms with Crippen molar-refractivity contribution in [1.29, 1.82) is 0 Å². The van der Waals surface area contributed by atoms with E-state index in [9.17, 15) is 4.79 Å². The van der Waals surface area contributed by atoms with Crippen molar-refractivity contribution < 1.29 is 14.6 Å². The van der Waals surface area contributed by atoms with E-state index in [2.05, 4.69) is 5.32 Å². The van der Waals surface area contributed by atoms with Crippen molar-refractivity contribution in [2.24, 2.45) is 5.73 Å². The summed E-state index contributed by atoms with van der Waals surface area (Å²) in [4.78, 5) is 11.5. The van der Waals surface area contributed by atoms with E-state index < -0.39 is 6.04 Å². The van der Waals surface area contributed by atoms with E-state index in [-0.39, 0.29) is 11.7 Å². The molecule has 0 aliphatic carbocycles. The van der Waals surface area contributed by atoms with Gasteiger partial charge in [0.2, 0.25) is 5.91 Å². The Hall–Kier alpha value is -1.59. The van der Waals surface area contributed by atoms with Gasteiger partial charge >= 0.3 is 0 Å². The molecule has 5 heteroatoms. The molecule has 0 saturated heterocycles. The highest BCUT2D eigenvalue weighted by Gasteiger charge is 2.12. The number of carbonyl (C=O) groups is 1. The summed E-state index contributed by atoms with van der Waals surface area (Å²) < 4.78 is 4.85. The molecule has 0 heterocycles. The molecule has 0 saturated carbocycles. The van der Waals surface area contributed by atoms with E-state index in [1.807, 2.05) is 0 Å². The molecule has 1 amide bonds. The fraction of sp³-hybridized carbons (Fsp3) is 0.417. The zero-order valence-corrected chi connectivity index (χ0v) is 9.85. The molecule has 4 N–H and O–H groups in total. The van der Waals surface area contributed by atoms with Gasteiger partial charge in [-0.25, -0.2) is 0 Å². The summed E-state index contributed by atoms with van der Waals surface area (Å²) in [5.41, 5.74) is 6.57. The molecule has 1 unspecified atom stereocenters. The number of aromatic hydroxyl groups is 1. The molecule has 0 aliphatic rings. The smallest absolute Gasteiger partial charge is 0.237 e. The summed E-state index contributed by atoms with van der Waals surface area (Å²) in [6.07, 6.45) is 0.498. The minimum Gasteiger partial charge on any atom is -0.508 e. The maximum absolute atomic E-state index is 11.5. The highest BCUT2D eigenvalue weighted by Crippen LogP contribution is 2.09. The van der Waals surface area contributed by atoms with Crippen LogP contribution in [-0.2, 0) is 16.1 Å². The van der Waals surface area contributed by atoms with Crippen LogP contribution < -0.4 is 11.1 Å². The van der Waals surface area contributed by atoms with E-state index in [1.165, 1.54) is 0 Å². The number of rotatable bonds is 6. The second-order valence-electron chi connectivity index (χ2n) is 3.77. The van der Waals surface area contributed by atoms with Crippen LogP contribution in [0.5, 0.6) is 5.75 Å². The Balaban J connectivity index is 2.34. The fourth-order valence-corrected chi connectivity index (χ4v) is 1.31. The largest absolute Gasteiger partial charge is 0.508 e. The number of benzene rings is 1. The third-order valence-corrected chi connectivity index (χ3v) is 2.37. The Bertz CT molecular complexity index is 351. The van der Waals surface area contributed by atoms with E-state index in [0.29, 0.717) is 19.6 Å². The number of phenols is 1. The van der Waals surface area contributed by atoms with Gasteiger partial charge in [-0.2, -0.15) is 0 Å². The predicted octanol–water partition coefficient (Wildman–Crippen LogP) is 0.372. The molecule has 0 aromatic heterocycles. The van der Waals surface area contributed by atoms with Crippen LogP contribution in [0.15, 0.2) is 24.3 Å². The van der Waals surface area contributed by atoms with Gasteiger partial charge in [-0.1, -0.05) is 12.1 Å². The fourth-order valence-electron chi connectivity index (χ4n) is 1.31. The number of methoxy groups -OCH3 is 1. The first kappa shape index (κ1) is 13.5. The average Bonchev–Trinajstić information content (AvgIpc) is 2.34. The topological polar surface area (TPSA) is 84.6 Å². The lowest BCUT2D eigenvalue weighted by Crippen LogP contribution is -2.40. The third-order valence-electron chi connectivity index (χ3n) is 2.37. The minimum absolute atomic E-state index is 0.199. The van der Waals surface area contributed by atoms with Crippen LogP contribution in [0.1, 0.15) is 12.0 Å². The number of carbonyl (C=O) groups excluding carboxylic acids is 1. The normalized spacial score (nSPS) is 12.1.